The molecule has 0 aromatic heterocycles. The van der Waals surface area contributed by atoms with Crippen LogP contribution in [0.15, 0.2) is 22.7 Å². The summed E-state index contributed by atoms with van der Waals surface area (Å²) in [7, 11) is 0. The molecule has 0 aliphatic carbocycles. The van der Waals surface area contributed by atoms with Crippen LogP contribution in [0, 0.1) is 11.7 Å². The molecule has 19 heavy (non-hydrogen) atoms. The minimum Gasteiger partial charge on any atom is -0.390 e. The summed E-state index contributed by atoms with van der Waals surface area (Å²) in [6.07, 6.45) is -1.61. The third-order valence-corrected chi connectivity index (χ3v) is 4.00. The number of aliphatic hydroxyl groups is 2. The van der Waals surface area contributed by atoms with E-state index < -0.39 is 12.2 Å². The molecule has 6 heteroatoms. The summed E-state index contributed by atoms with van der Waals surface area (Å²) >= 11 is 3.36. The monoisotopic (exact) mass is 333 g/mol. The number of rotatable bonds is 4. The lowest BCUT2D eigenvalue weighted by atomic mass is 9.96. The first-order valence-electron chi connectivity index (χ1n) is 6.16. The molecule has 0 unspecified atom stereocenters. The van der Waals surface area contributed by atoms with Crippen molar-refractivity contribution in [1.82, 2.24) is 5.32 Å². The molecule has 3 N–H and O–H groups in total. The van der Waals surface area contributed by atoms with Gasteiger partial charge in [0.15, 0.2) is 0 Å². The fourth-order valence-corrected chi connectivity index (χ4v) is 2.49. The van der Waals surface area contributed by atoms with Gasteiger partial charge in [-0.1, -0.05) is 15.9 Å². The number of halogens is 2. The molecule has 1 aliphatic heterocycles. The SMILES string of the molecule is O[C@H]1[C@H](CNCc2cc(F)ccc2Br)COC[C@H]1O. The number of ether oxygens (including phenoxy) is 1. The second kappa shape index (κ2) is 6.76. The van der Waals surface area contributed by atoms with Crippen LogP contribution in [0.4, 0.5) is 4.39 Å². The number of hydrogen-bond acceptors (Lipinski definition) is 4. The standard InChI is InChI=1S/C13H17BrFNO3/c14-11-2-1-10(15)3-8(11)4-16-5-9-6-19-7-12(17)13(9)18/h1-3,9,12-13,16-18H,4-7H2/t9-,12-,13+/m1/s1. The molecule has 4 nitrogen and oxygen atoms in total. The van der Waals surface area contributed by atoms with Crippen LogP contribution in [-0.4, -0.2) is 42.2 Å². The van der Waals surface area contributed by atoms with Crippen LogP contribution in [0.1, 0.15) is 5.56 Å². The Morgan fingerprint density at radius 1 is 1.37 bits per heavy atom. The average molecular weight is 334 g/mol. The molecule has 2 rings (SSSR count). The van der Waals surface area contributed by atoms with Gasteiger partial charge in [0, 0.05) is 23.5 Å². The lowest BCUT2D eigenvalue weighted by Crippen LogP contribution is -2.47. The van der Waals surface area contributed by atoms with Crippen molar-refractivity contribution < 1.29 is 19.3 Å². The first-order chi connectivity index (χ1) is 9.08. The highest BCUT2D eigenvalue weighted by Gasteiger charge is 2.30. The lowest BCUT2D eigenvalue weighted by Gasteiger charge is -2.31. The van der Waals surface area contributed by atoms with E-state index in [1.54, 1.807) is 6.07 Å². The second-order valence-corrected chi connectivity index (χ2v) is 5.58. The molecular formula is C13H17BrFNO3. The predicted molar refractivity (Wildman–Crippen MR) is 72.1 cm³/mol. The van der Waals surface area contributed by atoms with Crippen LogP contribution in [0.25, 0.3) is 0 Å². The summed E-state index contributed by atoms with van der Waals surface area (Å²) in [6.45, 7) is 1.57. The van der Waals surface area contributed by atoms with Crippen molar-refractivity contribution >= 4 is 15.9 Å². The Labute approximate surface area is 119 Å². The van der Waals surface area contributed by atoms with E-state index in [9.17, 15) is 14.6 Å². The largest absolute Gasteiger partial charge is 0.390 e. The number of hydrogen-bond donors (Lipinski definition) is 3. The number of aliphatic hydroxyl groups excluding tert-OH is 2. The first kappa shape index (κ1) is 14.9. The van der Waals surface area contributed by atoms with Crippen molar-refractivity contribution in [1.29, 1.82) is 0 Å². The van der Waals surface area contributed by atoms with E-state index >= 15 is 0 Å². The van der Waals surface area contributed by atoms with Crippen LogP contribution < -0.4 is 5.32 Å². The van der Waals surface area contributed by atoms with Crippen molar-refractivity contribution in [2.75, 3.05) is 19.8 Å². The third-order valence-electron chi connectivity index (χ3n) is 3.23. The average Bonchev–Trinajstić information content (AvgIpc) is 2.38. The number of nitrogens with one attached hydrogen (secondary N) is 1. The Balaban J connectivity index is 1.84. The second-order valence-electron chi connectivity index (χ2n) is 4.72. The quantitative estimate of drug-likeness (QED) is 0.770. The fourth-order valence-electron chi connectivity index (χ4n) is 2.10. The molecule has 1 fully saturated rings. The normalized spacial score (nSPS) is 27.5. The van der Waals surface area contributed by atoms with Gasteiger partial charge in [-0.25, -0.2) is 4.39 Å². The molecule has 3 atom stereocenters. The van der Waals surface area contributed by atoms with Crippen molar-refractivity contribution in [3.05, 3.63) is 34.1 Å². The van der Waals surface area contributed by atoms with E-state index in [2.05, 4.69) is 21.2 Å². The van der Waals surface area contributed by atoms with E-state index in [1.165, 1.54) is 12.1 Å². The minimum atomic E-state index is -0.832. The Bertz CT molecular complexity index is 432. The Hall–Kier alpha value is -0.530. The summed E-state index contributed by atoms with van der Waals surface area (Å²) < 4.78 is 19.1. The van der Waals surface area contributed by atoms with Gasteiger partial charge in [0.2, 0.25) is 0 Å². The zero-order valence-corrected chi connectivity index (χ0v) is 11.9. The zero-order valence-electron chi connectivity index (χ0n) is 10.4. The molecule has 0 saturated carbocycles. The van der Waals surface area contributed by atoms with Crippen LogP contribution in [0.2, 0.25) is 0 Å². The first-order valence-corrected chi connectivity index (χ1v) is 6.95. The molecule has 0 spiro atoms. The molecule has 0 bridgehead atoms. The topological polar surface area (TPSA) is 61.7 Å². The van der Waals surface area contributed by atoms with Gasteiger partial charge >= 0.3 is 0 Å². The van der Waals surface area contributed by atoms with Gasteiger partial charge in [0.05, 0.1) is 19.3 Å². The van der Waals surface area contributed by atoms with Gasteiger partial charge in [0.1, 0.15) is 11.9 Å². The molecular weight excluding hydrogens is 317 g/mol. The van der Waals surface area contributed by atoms with Gasteiger partial charge < -0.3 is 20.3 Å². The predicted octanol–water partition coefficient (Wildman–Crippen LogP) is 1.05. The maximum absolute atomic E-state index is 13.1. The Kier molecular flexibility index (Phi) is 5.29. The summed E-state index contributed by atoms with van der Waals surface area (Å²) in [6, 6.07) is 4.51. The van der Waals surface area contributed by atoms with Gasteiger partial charge in [-0.15, -0.1) is 0 Å². The summed E-state index contributed by atoms with van der Waals surface area (Å²) in [5, 5.41) is 22.4. The van der Waals surface area contributed by atoms with E-state index in [1.807, 2.05) is 0 Å². The van der Waals surface area contributed by atoms with Crippen LogP contribution in [-0.2, 0) is 11.3 Å². The molecule has 1 heterocycles. The lowest BCUT2D eigenvalue weighted by molar-refractivity contribution is -0.119. The molecule has 1 saturated heterocycles. The van der Waals surface area contributed by atoms with Crippen LogP contribution in [0.3, 0.4) is 0 Å². The van der Waals surface area contributed by atoms with E-state index in [0.717, 1.165) is 10.0 Å². The van der Waals surface area contributed by atoms with E-state index in [0.29, 0.717) is 19.7 Å². The minimum absolute atomic E-state index is 0.156. The maximum Gasteiger partial charge on any atom is 0.123 e. The van der Waals surface area contributed by atoms with Gasteiger partial charge in [0.25, 0.3) is 0 Å². The molecule has 106 valence electrons. The van der Waals surface area contributed by atoms with Gasteiger partial charge in [-0.3, -0.25) is 0 Å². The van der Waals surface area contributed by atoms with Crippen molar-refractivity contribution in [3.63, 3.8) is 0 Å². The zero-order chi connectivity index (χ0) is 13.8. The maximum atomic E-state index is 13.1. The molecule has 0 amide bonds. The van der Waals surface area contributed by atoms with Crippen LogP contribution >= 0.6 is 15.9 Å². The van der Waals surface area contributed by atoms with Crippen molar-refractivity contribution in [2.45, 2.75) is 18.8 Å². The summed E-state index contributed by atoms with van der Waals surface area (Å²) in [4.78, 5) is 0. The molecule has 1 aromatic carbocycles. The molecule has 1 aromatic rings. The van der Waals surface area contributed by atoms with Gasteiger partial charge in [-0.2, -0.15) is 0 Å². The Morgan fingerprint density at radius 3 is 2.95 bits per heavy atom. The Morgan fingerprint density at radius 2 is 2.16 bits per heavy atom. The molecule has 1 aliphatic rings. The van der Waals surface area contributed by atoms with Crippen molar-refractivity contribution in [2.24, 2.45) is 5.92 Å². The highest BCUT2D eigenvalue weighted by atomic mass is 79.9. The number of benzene rings is 1. The van der Waals surface area contributed by atoms with E-state index in [-0.39, 0.29) is 18.3 Å². The van der Waals surface area contributed by atoms with E-state index in [4.69, 9.17) is 4.74 Å². The third kappa shape index (κ3) is 3.97. The highest BCUT2D eigenvalue weighted by Crippen LogP contribution is 2.18. The van der Waals surface area contributed by atoms with Gasteiger partial charge in [-0.05, 0) is 23.8 Å². The smallest absolute Gasteiger partial charge is 0.123 e. The summed E-state index contributed by atoms with van der Waals surface area (Å²) in [5.41, 5.74) is 0.812. The van der Waals surface area contributed by atoms with Crippen LogP contribution in [0.5, 0.6) is 0 Å². The fraction of sp³-hybridized carbons (Fsp3) is 0.538. The van der Waals surface area contributed by atoms with Crippen molar-refractivity contribution in [3.8, 4) is 0 Å². The molecule has 0 radical (unpaired) electrons. The highest BCUT2D eigenvalue weighted by molar-refractivity contribution is 9.10. The summed E-state index contributed by atoms with van der Waals surface area (Å²) in [5.74, 6) is -0.437.